The van der Waals surface area contributed by atoms with Crippen LogP contribution in [0.15, 0.2) is 0 Å². The second kappa shape index (κ2) is 14.9. The molecule has 146 valence electrons. The molecule has 2 unspecified atom stereocenters. The fourth-order valence-corrected chi connectivity index (χ4v) is 2.03. The van der Waals surface area contributed by atoms with E-state index < -0.39 is 25.3 Å². The van der Waals surface area contributed by atoms with Gasteiger partial charge in [0.05, 0.1) is 72.1 Å². The summed E-state index contributed by atoms with van der Waals surface area (Å²) in [6.07, 6.45) is -1.47. The smallest absolute Gasteiger partial charge is 0.425 e. The average molecular weight is 366 g/mol. The Morgan fingerprint density at radius 3 is 1.84 bits per heavy atom. The predicted octanol–water partition coefficient (Wildman–Crippen LogP) is -3.49. The number of rotatable bonds is 3. The minimum absolute atomic E-state index is 0.0249. The van der Waals surface area contributed by atoms with E-state index in [4.69, 9.17) is 38.6 Å². The Kier molecular flexibility index (Phi) is 13.5. The molecule has 0 aromatic rings. The minimum atomic E-state index is -1.64. The average Bonchev–Trinajstić information content (AvgIpc) is 2.55. The Morgan fingerprint density at radius 1 is 0.720 bits per heavy atom. The molecule has 1 aliphatic rings. The summed E-state index contributed by atoms with van der Waals surface area (Å²) in [7, 11) is -1.59. The van der Waals surface area contributed by atoms with Crippen LogP contribution in [0.1, 0.15) is 0 Å². The van der Waals surface area contributed by atoms with Crippen LogP contribution in [0.3, 0.4) is 0 Å². The summed E-state index contributed by atoms with van der Waals surface area (Å²) in [5.74, 6) is 0. The molecule has 2 atom stereocenters. The van der Waals surface area contributed by atoms with Gasteiger partial charge in [0.25, 0.3) is 0 Å². The summed E-state index contributed by atoms with van der Waals surface area (Å²) in [5.41, 5.74) is 0. The van der Waals surface area contributed by atoms with Gasteiger partial charge in [0.15, 0.2) is 0 Å². The maximum Gasteiger partial charge on any atom is 0.484 e. The van der Waals surface area contributed by atoms with E-state index in [0.29, 0.717) is 26.4 Å². The zero-order valence-electron chi connectivity index (χ0n) is 14.3. The molecule has 10 nitrogen and oxygen atoms in total. The van der Waals surface area contributed by atoms with Gasteiger partial charge < -0.3 is 48.7 Å². The summed E-state index contributed by atoms with van der Waals surface area (Å²) in [6, 6.07) is -1.30. The van der Waals surface area contributed by atoms with Gasteiger partial charge in [-0.2, -0.15) is 0 Å². The van der Waals surface area contributed by atoms with Crippen LogP contribution in [0.25, 0.3) is 0 Å². The zero-order valence-corrected chi connectivity index (χ0v) is 14.3. The number of hydrogen-bond donors (Lipinski definition) is 4. The first kappa shape index (κ1) is 22.8. The maximum atomic E-state index is 9.23. The molecule has 0 aromatic heterocycles. The second-order valence-corrected chi connectivity index (χ2v) is 5.41. The number of hydrogen-bond acceptors (Lipinski definition) is 10. The molecule has 0 radical (unpaired) electrons. The molecule has 0 spiro atoms. The van der Waals surface area contributed by atoms with E-state index in [1.807, 2.05) is 0 Å². The van der Waals surface area contributed by atoms with Gasteiger partial charge in [-0.25, -0.2) is 0 Å². The van der Waals surface area contributed by atoms with Crippen molar-refractivity contribution in [2.45, 2.75) is 18.2 Å². The lowest BCUT2D eigenvalue weighted by Gasteiger charge is -2.19. The van der Waals surface area contributed by atoms with E-state index in [1.165, 1.54) is 0 Å². The molecular weight excluding hydrogens is 338 g/mol. The van der Waals surface area contributed by atoms with Crippen molar-refractivity contribution in [3.05, 3.63) is 0 Å². The first-order chi connectivity index (χ1) is 12.1. The van der Waals surface area contributed by atoms with Crippen molar-refractivity contribution in [1.82, 2.24) is 0 Å². The lowest BCUT2D eigenvalue weighted by atomic mass is 9.71. The highest BCUT2D eigenvalue weighted by Crippen LogP contribution is 1.98. The Balaban J connectivity index is 2.35. The summed E-state index contributed by atoms with van der Waals surface area (Å²) in [4.78, 5) is 0. The molecule has 1 heterocycles. The van der Waals surface area contributed by atoms with E-state index in [-0.39, 0.29) is 46.9 Å². The van der Waals surface area contributed by atoms with Crippen LogP contribution >= 0.6 is 0 Å². The van der Waals surface area contributed by atoms with Gasteiger partial charge in [-0.1, -0.05) is 0 Å². The van der Waals surface area contributed by atoms with Crippen molar-refractivity contribution in [2.24, 2.45) is 0 Å². The SMILES string of the molecule is OB(O)C1COCCOCCOC(BC(O)O)COCCOCCO1. The summed E-state index contributed by atoms with van der Waals surface area (Å²) < 4.78 is 32.1. The van der Waals surface area contributed by atoms with Crippen LogP contribution in [0.4, 0.5) is 0 Å². The Hall–Kier alpha value is -0.270. The topological polar surface area (TPSA) is 136 Å². The van der Waals surface area contributed by atoms with Crippen LogP contribution in [0.2, 0.25) is 0 Å². The predicted molar refractivity (Wildman–Crippen MR) is 88.3 cm³/mol. The van der Waals surface area contributed by atoms with E-state index in [2.05, 4.69) is 0 Å². The third kappa shape index (κ3) is 12.7. The van der Waals surface area contributed by atoms with E-state index in [0.717, 1.165) is 0 Å². The number of aliphatic hydroxyl groups excluding tert-OH is 1. The van der Waals surface area contributed by atoms with Crippen molar-refractivity contribution >= 4 is 14.4 Å². The molecule has 0 amide bonds. The summed E-state index contributed by atoms with van der Waals surface area (Å²) >= 11 is 0. The molecule has 0 aliphatic carbocycles. The maximum absolute atomic E-state index is 9.23. The molecule has 1 aliphatic heterocycles. The molecular formula is C13H28B2O10. The molecule has 1 rings (SSSR count). The molecule has 0 aromatic carbocycles. The Morgan fingerprint density at radius 2 is 1.24 bits per heavy atom. The fraction of sp³-hybridized carbons (Fsp3) is 1.00. The van der Waals surface area contributed by atoms with Gasteiger partial charge in [0.2, 0.25) is 7.28 Å². The van der Waals surface area contributed by atoms with Gasteiger partial charge in [0, 0.05) is 0 Å². The van der Waals surface area contributed by atoms with Gasteiger partial charge in [0.1, 0.15) is 12.2 Å². The lowest BCUT2D eigenvalue weighted by molar-refractivity contribution is -0.0555. The van der Waals surface area contributed by atoms with Crippen molar-refractivity contribution in [3.8, 4) is 0 Å². The second-order valence-electron chi connectivity index (χ2n) is 5.41. The summed E-state index contributed by atoms with van der Waals surface area (Å²) in [6.45, 7) is 2.49. The quantitative estimate of drug-likeness (QED) is 0.294. The third-order valence-corrected chi connectivity index (χ3v) is 3.28. The van der Waals surface area contributed by atoms with Crippen molar-refractivity contribution in [3.63, 3.8) is 0 Å². The van der Waals surface area contributed by atoms with E-state index in [9.17, 15) is 10.0 Å². The van der Waals surface area contributed by atoms with Crippen molar-refractivity contribution in [2.75, 3.05) is 66.1 Å². The largest absolute Gasteiger partial charge is 0.484 e. The van der Waals surface area contributed by atoms with Gasteiger partial charge in [-0.05, 0) is 0 Å². The molecule has 4 N–H and O–H groups in total. The van der Waals surface area contributed by atoms with Crippen LogP contribution in [0, 0.1) is 0 Å². The fourth-order valence-electron chi connectivity index (χ4n) is 2.03. The molecule has 0 saturated carbocycles. The highest BCUT2D eigenvalue weighted by atomic mass is 16.6. The zero-order chi connectivity index (χ0) is 18.3. The third-order valence-electron chi connectivity index (χ3n) is 3.28. The molecule has 0 bridgehead atoms. The standard InChI is InChI=1S/C13H28B2O10/c16-13(17)14-11-9-22-3-1-21-6-8-25-12(15(18)19)10-23-4-2-20-5-7-24-11/h11-14,16-19H,1-10H2. The summed E-state index contributed by atoms with van der Waals surface area (Å²) in [5, 5.41) is 36.6. The van der Waals surface area contributed by atoms with E-state index >= 15 is 0 Å². The highest BCUT2D eigenvalue weighted by Gasteiger charge is 2.24. The number of aliphatic hydroxyl groups is 2. The lowest BCUT2D eigenvalue weighted by Crippen LogP contribution is -2.39. The first-order valence-electron chi connectivity index (χ1n) is 8.36. The van der Waals surface area contributed by atoms with Gasteiger partial charge >= 0.3 is 7.12 Å². The molecule has 12 heteroatoms. The normalized spacial score (nSPS) is 26.6. The van der Waals surface area contributed by atoms with E-state index in [1.54, 1.807) is 0 Å². The molecule has 1 saturated heterocycles. The van der Waals surface area contributed by atoms with Crippen LogP contribution in [-0.4, -0.2) is 119 Å². The number of ether oxygens (including phenoxy) is 6. The molecule has 1 fully saturated rings. The van der Waals surface area contributed by atoms with Crippen LogP contribution in [-0.2, 0) is 28.4 Å². The monoisotopic (exact) mass is 366 g/mol. The van der Waals surface area contributed by atoms with Gasteiger partial charge in [-0.15, -0.1) is 0 Å². The van der Waals surface area contributed by atoms with Crippen LogP contribution in [0.5, 0.6) is 0 Å². The van der Waals surface area contributed by atoms with Gasteiger partial charge in [-0.3, -0.25) is 0 Å². The minimum Gasteiger partial charge on any atom is -0.425 e. The van der Waals surface area contributed by atoms with Crippen molar-refractivity contribution in [1.29, 1.82) is 0 Å². The Bertz CT molecular complexity index is 291. The molecule has 25 heavy (non-hydrogen) atoms. The first-order valence-corrected chi connectivity index (χ1v) is 8.36. The van der Waals surface area contributed by atoms with Crippen molar-refractivity contribution < 1.29 is 48.7 Å². The van der Waals surface area contributed by atoms with Crippen LogP contribution < -0.4 is 0 Å². The highest BCUT2D eigenvalue weighted by molar-refractivity contribution is 6.42. The Labute approximate surface area is 148 Å².